The summed E-state index contributed by atoms with van der Waals surface area (Å²) in [4.78, 5) is 33.1. The minimum Gasteiger partial charge on any atom is -0.444 e. The maximum absolute atomic E-state index is 11.3. The summed E-state index contributed by atoms with van der Waals surface area (Å²) in [5.41, 5.74) is 5.58. The summed E-state index contributed by atoms with van der Waals surface area (Å²) in [7, 11) is 0. The third-order valence-electron chi connectivity index (χ3n) is 2.48. The number of hydrazine groups is 1. The molecule has 1 fully saturated rings. The van der Waals surface area contributed by atoms with E-state index in [2.05, 4.69) is 20.9 Å². The summed E-state index contributed by atoms with van der Waals surface area (Å²) in [6.45, 7) is 0.140. The van der Waals surface area contributed by atoms with Gasteiger partial charge in [-0.05, 0) is 5.56 Å². The molecule has 0 saturated carbocycles. The van der Waals surface area contributed by atoms with Gasteiger partial charge in [0.2, 0.25) is 0 Å². The number of carbonyl (C=O) groups is 3. The van der Waals surface area contributed by atoms with Crippen molar-refractivity contribution in [3.05, 3.63) is 35.9 Å². The van der Waals surface area contributed by atoms with E-state index in [1.54, 1.807) is 0 Å². The second-order valence-corrected chi connectivity index (χ2v) is 3.97. The monoisotopic (exact) mass is 279 g/mol. The molecule has 1 aliphatic rings. The minimum atomic E-state index is -0.822. The largest absolute Gasteiger partial charge is 0.444 e. The molecule has 0 bridgehead atoms. The Morgan fingerprint density at radius 2 is 2.05 bits per heavy atom. The molecule has 1 unspecified atom stereocenters. The van der Waals surface area contributed by atoms with Crippen molar-refractivity contribution in [2.45, 2.75) is 12.6 Å². The van der Waals surface area contributed by atoms with Crippen LogP contribution in [0.3, 0.4) is 0 Å². The molecule has 1 aromatic rings. The molecule has 1 aromatic carbocycles. The van der Waals surface area contributed by atoms with Gasteiger partial charge < -0.3 is 14.8 Å². The van der Waals surface area contributed by atoms with Gasteiger partial charge in [0.15, 0.2) is 0 Å². The quantitative estimate of drug-likeness (QED) is 0.399. The Balaban J connectivity index is 1.63. The lowest BCUT2D eigenvalue weighted by atomic mass is 10.2. The Kier molecular flexibility index (Phi) is 4.51. The van der Waals surface area contributed by atoms with Gasteiger partial charge in [-0.15, -0.1) is 0 Å². The number of carbonyl (C=O) groups excluding carboxylic acids is 3. The fraction of sp³-hybridized carbons (Fsp3) is 0.250. The third kappa shape index (κ3) is 3.95. The van der Waals surface area contributed by atoms with Crippen LogP contribution in [0.5, 0.6) is 0 Å². The van der Waals surface area contributed by atoms with Crippen molar-refractivity contribution in [1.82, 2.24) is 16.2 Å². The molecule has 1 saturated heterocycles. The van der Waals surface area contributed by atoms with Crippen LogP contribution in [0, 0.1) is 0 Å². The summed E-state index contributed by atoms with van der Waals surface area (Å²) in [5.74, 6) is -0.693. The Labute approximate surface area is 114 Å². The maximum atomic E-state index is 11.3. The molecule has 0 aliphatic carbocycles. The molecule has 0 aromatic heterocycles. The normalized spacial score (nSPS) is 17.3. The Morgan fingerprint density at radius 3 is 2.70 bits per heavy atom. The lowest BCUT2D eigenvalue weighted by molar-refractivity contribution is -0.135. The molecule has 106 valence electrons. The van der Waals surface area contributed by atoms with E-state index in [1.165, 1.54) is 0 Å². The van der Waals surface area contributed by atoms with Crippen LogP contribution < -0.4 is 16.2 Å². The molecule has 1 heterocycles. The number of hydrogen-bond donors (Lipinski definition) is 3. The van der Waals surface area contributed by atoms with Crippen molar-refractivity contribution in [2.24, 2.45) is 0 Å². The molecule has 0 radical (unpaired) electrons. The Hall–Kier alpha value is -2.61. The predicted molar refractivity (Wildman–Crippen MR) is 66.2 cm³/mol. The molecule has 1 aliphatic heterocycles. The molecule has 20 heavy (non-hydrogen) atoms. The first-order chi connectivity index (χ1) is 9.65. The van der Waals surface area contributed by atoms with Crippen molar-refractivity contribution in [1.29, 1.82) is 0 Å². The van der Waals surface area contributed by atoms with Gasteiger partial charge in [0.25, 0.3) is 0 Å². The van der Waals surface area contributed by atoms with Crippen molar-refractivity contribution < 1.29 is 23.9 Å². The summed E-state index contributed by atoms with van der Waals surface area (Å²) >= 11 is 0. The lowest BCUT2D eigenvalue weighted by Crippen LogP contribution is -2.46. The van der Waals surface area contributed by atoms with Crippen molar-refractivity contribution in [3.8, 4) is 0 Å². The van der Waals surface area contributed by atoms with Crippen LogP contribution >= 0.6 is 0 Å². The zero-order valence-electron chi connectivity index (χ0n) is 10.4. The standard InChI is InChI=1S/C12H13N3O5/c16-10-9(14-11(17)20-10)6-13-15-12(18)19-7-8-4-2-1-3-5-8/h1-5,9,13H,6-7H2,(H,14,17)(H,15,18). The zero-order chi connectivity index (χ0) is 14.4. The minimum absolute atomic E-state index is 0.00497. The first kappa shape index (κ1) is 13.8. The summed E-state index contributed by atoms with van der Waals surface area (Å²) in [5, 5.41) is 2.27. The number of benzene rings is 1. The number of ether oxygens (including phenoxy) is 2. The first-order valence-corrected chi connectivity index (χ1v) is 5.87. The zero-order valence-corrected chi connectivity index (χ0v) is 10.4. The number of nitrogens with one attached hydrogen (secondary N) is 3. The van der Waals surface area contributed by atoms with Crippen LogP contribution in [0.2, 0.25) is 0 Å². The van der Waals surface area contributed by atoms with Gasteiger partial charge in [0, 0.05) is 6.54 Å². The van der Waals surface area contributed by atoms with E-state index in [0.717, 1.165) is 5.56 Å². The average Bonchev–Trinajstić information content (AvgIpc) is 2.76. The van der Waals surface area contributed by atoms with E-state index < -0.39 is 24.2 Å². The molecule has 3 N–H and O–H groups in total. The summed E-state index contributed by atoms with van der Waals surface area (Å²) in [6.07, 6.45) is -1.49. The van der Waals surface area contributed by atoms with Crippen LogP contribution in [0.4, 0.5) is 9.59 Å². The molecule has 8 nitrogen and oxygen atoms in total. The topological polar surface area (TPSA) is 106 Å². The van der Waals surface area contributed by atoms with Gasteiger partial charge in [-0.3, -0.25) is 5.43 Å². The number of alkyl carbamates (subject to hydrolysis) is 1. The fourth-order valence-corrected chi connectivity index (χ4v) is 1.51. The highest BCUT2D eigenvalue weighted by molar-refractivity contribution is 5.95. The van der Waals surface area contributed by atoms with Gasteiger partial charge in [-0.2, -0.15) is 0 Å². The second kappa shape index (κ2) is 6.53. The number of rotatable bonds is 5. The SMILES string of the molecule is O=C(NNCC1NC(=O)OC1=O)OCc1ccccc1. The fourth-order valence-electron chi connectivity index (χ4n) is 1.51. The van der Waals surface area contributed by atoms with Gasteiger partial charge in [-0.1, -0.05) is 30.3 Å². The summed E-state index contributed by atoms with van der Waals surface area (Å²) in [6, 6.07) is 8.36. The van der Waals surface area contributed by atoms with Crippen LogP contribution in [-0.4, -0.2) is 30.7 Å². The smallest absolute Gasteiger partial charge is 0.421 e. The number of esters is 1. The van der Waals surface area contributed by atoms with E-state index >= 15 is 0 Å². The van der Waals surface area contributed by atoms with Crippen LogP contribution in [0.1, 0.15) is 5.56 Å². The van der Waals surface area contributed by atoms with E-state index in [1.807, 2.05) is 30.3 Å². The van der Waals surface area contributed by atoms with Crippen LogP contribution in [0.25, 0.3) is 0 Å². The first-order valence-electron chi connectivity index (χ1n) is 5.87. The molecule has 0 spiro atoms. The number of amides is 2. The van der Waals surface area contributed by atoms with Crippen molar-refractivity contribution in [3.63, 3.8) is 0 Å². The van der Waals surface area contributed by atoms with Crippen molar-refractivity contribution >= 4 is 18.2 Å². The lowest BCUT2D eigenvalue weighted by Gasteiger charge is -2.10. The van der Waals surface area contributed by atoms with Crippen LogP contribution in [0.15, 0.2) is 30.3 Å². The van der Waals surface area contributed by atoms with Gasteiger partial charge in [0.1, 0.15) is 12.6 Å². The van der Waals surface area contributed by atoms with E-state index in [-0.39, 0.29) is 13.2 Å². The number of cyclic esters (lactones) is 2. The highest BCUT2D eigenvalue weighted by Gasteiger charge is 2.31. The Bertz CT molecular complexity index is 505. The molecule has 2 amide bonds. The van der Waals surface area contributed by atoms with Crippen LogP contribution in [-0.2, 0) is 20.9 Å². The van der Waals surface area contributed by atoms with Crippen molar-refractivity contribution in [2.75, 3.05) is 6.54 Å². The summed E-state index contributed by atoms with van der Waals surface area (Å²) < 4.78 is 9.19. The van der Waals surface area contributed by atoms with E-state index in [0.29, 0.717) is 0 Å². The van der Waals surface area contributed by atoms with Gasteiger partial charge in [-0.25, -0.2) is 19.8 Å². The van der Waals surface area contributed by atoms with Gasteiger partial charge >= 0.3 is 18.2 Å². The molecule has 2 rings (SSSR count). The highest BCUT2D eigenvalue weighted by atomic mass is 16.6. The average molecular weight is 279 g/mol. The molecule has 1 atom stereocenters. The predicted octanol–water partition coefficient (Wildman–Crippen LogP) is 0.0524. The van der Waals surface area contributed by atoms with Gasteiger partial charge in [0.05, 0.1) is 0 Å². The third-order valence-corrected chi connectivity index (χ3v) is 2.48. The second-order valence-electron chi connectivity index (χ2n) is 3.97. The Morgan fingerprint density at radius 1 is 1.30 bits per heavy atom. The molecule has 8 heteroatoms. The molecular weight excluding hydrogens is 266 g/mol. The van der Waals surface area contributed by atoms with E-state index in [4.69, 9.17) is 4.74 Å². The number of hydrogen-bond acceptors (Lipinski definition) is 6. The highest BCUT2D eigenvalue weighted by Crippen LogP contribution is 2.00. The molecular formula is C12H13N3O5. The maximum Gasteiger partial charge on any atom is 0.421 e. The van der Waals surface area contributed by atoms with E-state index in [9.17, 15) is 14.4 Å².